The summed E-state index contributed by atoms with van der Waals surface area (Å²) in [6, 6.07) is 5.80. The Kier molecular flexibility index (Phi) is 6.77. The molecule has 35 heavy (non-hydrogen) atoms. The molecule has 1 amide bonds. The van der Waals surface area contributed by atoms with Gasteiger partial charge in [0.2, 0.25) is 0 Å². The number of carbonyl (C=O) groups is 1. The maximum absolute atomic E-state index is 13.7. The van der Waals surface area contributed by atoms with Gasteiger partial charge in [0.15, 0.2) is 5.69 Å². The van der Waals surface area contributed by atoms with Crippen molar-refractivity contribution >= 4 is 5.91 Å². The Hall–Kier alpha value is -3.71. The van der Waals surface area contributed by atoms with Crippen LogP contribution in [0, 0.1) is 0 Å². The van der Waals surface area contributed by atoms with Gasteiger partial charge in [-0.25, -0.2) is 4.68 Å². The van der Waals surface area contributed by atoms with Crippen LogP contribution in [0.4, 0.5) is 39.5 Å². The molecule has 3 aromatic rings. The summed E-state index contributed by atoms with van der Waals surface area (Å²) in [7, 11) is 1.34. The van der Waals surface area contributed by atoms with Gasteiger partial charge in [0, 0.05) is 6.54 Å². The SMILES string of the molecule is COc1ccc(-n2ncc(C(=O)NCc3cc(C(F)(F)F)cc(C(F)(F)F)c3)c2C(F)(F)F)cc1. The summed E-state index contributed by atoms with van der Waals surface area (Å²) in [5.74, 6) is -1.06. The van der Waals surface area contributed by atoms with Gasteiger partial charge < -0.3 is 10.1 Å². The molecule has 188 valence electrons. The van der Waals surface area contributed by atoms with E-state index in [9.17, 15) is 44.3 Å². The molecule has 5 nitrogen and oxygen atoms in total. The van der Waals surface area contributed by atoms with Crippen LogP contribution < -0.4 is 10.1 Å². The molecule has 0 bridgehead atoms. The minimum Gasteiger partial charge on any atom is -0.497 e. The van der Waals surface area contributed by atoms with E-state index in [4.69, 9.17) is 4.74 Å². The molecule has 1 N–H and O–H groups in total. The summed E-state index contributed by atoms with van der Waals surface area (Å²) in [4.78, 5) is 12.5. The Labute approximate surface area is 191 Å². The standard InChI is InChI=1S/C21H14F9N3O2/c1-35-15-4-2-14(3-5-15)33-17(21(28,29)30)16(10-32-33)18(34)31-9-11-6-12(19(22,23)24)8-13(7-11)20(25,26)27/h2-8,10H,9H2,1H3,(H,31,34). The average Bonchev–Trinajstić information content (AvgIpc) is 3.22. The zero-order valence-electron chi connectivity index (χ0n) is 17.4. The summed E-state index contributed by atoms with van der Waals surface area (Å²) < 4.78 is 125. The summed E-state index contributed by atoms with van der Waals surface area (Å²) in [6.07, 6.45) is -14.7. The monoisotopic (exact) mass is 511 g/mol. The third-order valence-electron chi connectivity index (χ3n) is 4.70. The van der Waals surface area contributed by atoms with E-state index >= 15 is 0 Å². The van der Waals surface area contributed by atoms with Crippen molar-refractivity contribution in [3.63, 3.8) is 0 Å². The van der Waals surface area contributed by atoms with E-state index in [-0.39, 0.29) is 11.8 Å². The van der Waals surface area contributed by atoms with Crippen molar-refractivity contribution in [1.82, 2.24) is 15.1 Å². The second-order valence-electron chi connectivity index (χ2n) is 7.11. The van der Waals surface area contributed by atoms with Crippen LogP contribution in [-0.2, 0) is 25.1 Å². The molecule has 3 rings (SSSR count). The van der Waals surface area contributed by atoms with E-state index in [1.807, 2.05) is 5.32 Å². The van der Waals surface area contributed by atoms with Crippen molar-refractivity contribution in [2.45, 2.75) is 25.1 Å². The highest BCUT2D eigenvalue weighted by Crippen LogP contribution is 2.37. The van der Waals surface area contributed by atoms with Gasteiger partial charge in [0.1, 0.15) is 5.75 Å². The average molecular weight is 511 g/mol. The Morgan fingerprint density at radius 2 is 1.43 bits per heavy atom. The van der Waals surface area contributed by atoms with Crippen molar-refractivity contribution in [2.24, 2.45) is 0 Å². The number of alkyl halides is 9. The molecule has 0 saturated heterocycles. The number of aromatic nitrogens is 2. The summed E-state index contributed by atoms with van der Waals surface area (Å²) in [5.41, 5.74) is -6.40. The number of ether oxygens (including phenoxy) is 1. The van der Waals surface area contributed by atoms with Crippen molar-refractivity contribution < 1.29 is 49.0 Å². The Morgan fingerprint density at radius 1 is 0.886 bits per heavy atom. The number of carbonyl (C=O) groups excluding carboxylic acids is 1. The van der Waals surface area contributed by atoms with Crippen LogP contribution in [0.25, 0.3) is 5.69 Å². The Balaban J connectivity index is 1.93. The van der Waals surface area contributed by atoms with Gasteiger partial charge in [-0.3, -0.25) is 4.79 Å². The maximum atomic E-state index is 13.7. The zero-order chi connectivity index (χ0) is 26.2. The molecule has 2 aromatic carbocycles. The number of rotatable bonds is 5. The smallest absolute Gasteiger partial charge is 0.434 e. The van der Waals surface area contributed by atoms with Gasteiger partial charge in [0.25, 0.3) is 5.91 Å². The molecule has 1 aromatic heterocycles. The quantitative estimate of drug-likeness (QED) is 0.437. The molecule has 0 aliphatic rings. The molecule has 1 heterocycles. The van der Waals surface area contributed by atoms with Crippen LogP contribution in [-0.4, -0.2) is 22.8 Å². The first kappa shape index (κ1) is 25.9. The molecular weight excluding hydrogens is 497 g/mol. The largest absolute Gasteiger partial charge is 0.497 e. The third kappa shape index (κ3) is 5.87. The lowest BCUT2D eigenvalue weighted by Crippen LogP contribution is -2.26. The van der Waals surface area contributed by atoms with Crippen LogP contribution in [0.2, 0.25) is 0 Å². The predicted octanol–water partition coefficient (Wildman–Crippen LogP) is 5.87. The fraction of sp³-hybridized carbons (Fsp3) is 0.238. The van der Waals surface area contributed by atoms with E-state index in [1.54, 1.807) is 0 Å². The minimum atomic E-state index is -5.12. The van der Waals surface area contributed by atoms with E-state index in [0.717, 1.165) is 0 Å². The van der Waals surface area contributed by atoms with Crippen LogP contribution in [0.3, 0.4) is 0 Å². The number of hydrogen-bond donors (Lipinski definition) is 1. The van der Waals surface area contributed by atoms with Gasteiger partial charge in [-0.15, -0.1) is 0 Å². The second-order valence-corrected chi connectivity index (χ2v) is 7.11. The van der Waals surface area contributed by atoms with Crippen molar-refractivity contribution in [3.8, 4) is 11.4 Å². The molecule has 0 aliphatic carbocycles. The van der Waals surface area contributed by atoms with Gasteiger partial charge in [-0.1, -0.05) is 0 Å². The van der Waals surface area contributed by atoms with E-state index < -0.39 is 58.9 Å². The first-order chi connectivity index (χ1) is 16.1. The third-order valence-corrected chi connectivity index (χ3v) is 4.70. The number of amides is 1. The highest BCUT2D eigenvalue weighted by molar-refractivity contribution is 5.95. The summed E-state index contributed by atoms with van der Waals surface area (Å²) in [5, 5.41) is 5.50. The minimum absolute atomic E-state index is 0.0788. The van der Waals surface area contributed by atoms with E-state index in [1.165, 1.54) is 31.4 Å². The fourth-order valence-corrected chi connectivity index (χ4v) is 3.11. The Bertz CT molecular complexity index is 1180. The van der Waals surface area contributed by atoms with Crippen LogP contribution in [0.5, 0.6) is 5.75 Å². The number of methoxy groups -OCH3 is 1. The molecule has 0 unspecified atom stereocenters. The number of hydrogen-bond acceptors (Lipinski definition) is 3. The molecule has 0 atom stereocenters. The first-order valence-electron chi connectivity index (χ1n) is 9.47. The fourth-order valence-electron chi connectivity index (χ4n) is 3.11. The van der Waals surface area contributed by atoms with Crippen molar-refractivity contribution in [3.05, 3.63) is 76.6 Å². The zero-order valence-corrected chi connectivity index (χ0v) is 17.4. The predicted molar refractivity (Wildman–Crippen MR) is 103 cm³/mol. The van der Waals surface area contributed by atoms with Crippen molar-refractivity contribution in [2.75, 3.05) is 7.11 Å². The molecule has 0 spiro atoms. The van der Waals surface area contributed by atoms with Gasteiger partial charge in [-0.2, -0.15) is 44.6 Å². The first-order valence-corrected chi connectivity index (χ1v) is 9.47. The maximum Gasteiger partial charge on any atom is 0.434 e. The van der Waals surface area contributed by atoms with Crippen LogP contribution >= 0.6 is 0 Å². The molecule has 0 fully saturated rings. The highest BCUT2D eigenvalue weighted by Gasteiger charge is 2.41. The normalized spacial score (nSPS) is 12.5. The lowest BCUT2D eigenvalue weighted by atomic mass is 10.0. The van der Waals surface area contributed by atoms with Crippen LogP contribution in [0.1, 0.15) is 32.7 Å². The van der Waals surface area contributed by atoms with E-state index in [2.05, 4.69) is 5.10 Å². The van der Waals surface area contributed by atoms with Gasteiger partial charge in [0.05, 0.1) is 35.7 Å². The summed E-state index contributed by atoms with van der Waals surface area (Å²) >= 11 is 0. The van der Waals surface area contributed by atoms with E-state index in [0.29, 0.717) is 28.8 Å². The molecule has 0 saturated carbocycles. The summed E-state index contributed by atoms with van der Waals surface area (Å²) in [6.45, 7) is -0.906. The lowest BCUT2D eigenvalue weighted by molar-refractivity contribution is -0.144. The number of halogens is 9. The molecule has 0 aliphatic heterocycles. The van der Waals surface area contributed by atoms with Crippen molar-refractivity contribution in [1.29, 1.82) is 0 Å². The van der Waals surface area contributed by atoms with Gasteiger partial charge >= 0.3 is 18.5 Å². The number of benzene rings is 2. The van der Waals surface area contributed by atoms with Crippen LogP contribution in [0.15, 0.2) is 48.7 Å². The number of nitrogens with one attached hydrogen (secondary N) is 1. The lowest BCUT2D eigenvalue weighted by Gasteiger charge is -2.15. The molecule has 14 heteroatoms. The Morgan fingerprint density at radius 3 is 1.89 bits per heavy atom. The topological polar surface area (TPSA) is 56.2 Å². The second kappa shape index (κ2) is 9.15. The highest BCUT2D eigenvalue weighted by atomic mass is 19.4. The molecule has 0 radical (unpaired) electrons. The van der Waals surface area contributed by atoms with Gasteiger partial charge in [-0.05, 0) is 48.0 Å². The molecular formula is C21H14F9N3O2. The number of nitrogens with zero attached hydrogens (tertiary/aromatic N) is 2.